The minimum atomic E-state index is -0.667. The van der Waals surface area contributed by atoms with Gasteiger partial charge in [-0.25, -0.2) is 9.68 Å². The number of phenols is 2. The van der Waals surface area contributed by atoms with Gasteiger partial charge < -0.3 is 14.9 Å². The monoisotopic (exact) mass is 429 g/mol. The van der Waals surface area contributed by atoms with Gasteiger partial charge in [0.15, 0.2) is 0 Å². The number of ether oxygens (including phenoxy) is 1. The molecule has 0 saturated heterocycles. The van der Waals surface area contributed by atoms with E-state index < -0.39 is 5.97 Å². The summed E-state index contributed by atoms with van der Waals surface area (Å²) < 4.78 is 5.44. The van der Waals surface area contributed by atoms with E-state index in [1.807, 2.05) is 12.2 Å². The number of halogens is 1. The molecule has 2 rings (SSSR count). The van der Waals surface area contributed by atoms with E-state index >= 15 is 0 Å². The van der Waals surface area contributed by atoms with E-state index in [1.54, 1.807) is 6.92 Å². The molecule has 1 heterocycles. The first-order valence-corrected chi connectivity index (χ1v) is 10.0. The number of aromatic hydroxyl groups is 2. The van der Waals surface area contributed by atoms with E-state index in [9.17, 15) is 15.0 Å². The molecule has 1 aliphatic rings. The fourth-order valence-electron chi connectivity index (χ4n) is 3.18. The number of benzene rings is 1. The fraction of sp³-hybridized carbons (Fsp3) is 0.550. The van der Waals surface area contributed by atoms with Crippen LogP contribution in [0.4, 0.5) is 0 Å². The van der Waals surface area contributed by atoms with Gasteiger partial charge in [-0.15, -0.1) is 0 Å². The number of fused-ring (bicyclic) bond motifs is 1. The average Bonchev–Trinajstić information content (AvgIpc) is 2.67. The van der Waals surface area contributed by atoms with E-state index in [-0.39, 0.29) is 47.4 Å². The number of rotatable bonds is 5. The second kappa shape index (κ2) is 12.0. The molecule has 0 saturated carbocycles. The maximum atomic E-state index is 12.6. The SMILES string of the molecule is CC1C/C=C/CCC(NOCCOO)CCCc2c(Cl)c(O)cc(O)c2C(=O)O1. The van der Waals surface area contributed by atoms with E-state index in [0.717, 1.165) is 18.9 Å². The molecule has 0 spiro atoms. The van der Waals surface area contributed by atoms with Gasteiger partial charge in [0.25, 0.3) is 0 Å². The molecule has 0 bridgehead atoms. The van der Waals surface area contributed by atoms with Crippen LogP contribution < -0.4 is 5.48 Å². The lowest BCUT2D eigenvalue weighted by molar-refractivity contribution is -0.252. The van der Waals surface area contributed by atoms with E-state index in [1.165, 1.54) is 0 Å². The minimum absolute atomic E-state index is 0.0125. The van der Waals surface area contributed by atoms with Crippen molar-refractivity contribution in [2.24, 2.45) is 0 Å². The summed E-state index contributed by atoms with van der Waals surface area (Å²) in [4.78, 5) is 21.9. The van der Waals surface area contributed by atoms with Crippen LogP contribution in [0, 0.1) is 0 Å². The van der Waals surface area contributed by atoms with Crippen LogP contribution in [0.1, 0.15) is 54.9 Å². The summed E-state index contributed by atoms with van der Waals surface area (Å²) in [5.74, 6) is -1.31. The molecule has 1 aliphatic heterocycles. The Morgan fingerprint density at radius 1 is 1.24 bits per heavy atom. The van der Waals surface area contributed by atoms with Crippen LogP contribution in [-0.2, 0) is 20.9 Å². The van der Waals surface area contributed by atoms with Gasteiger partial charge in [-0.05, 0) is 44.6 Å². The van der Waals surface area contributed by atoms with Gasteiger partial charge in [0.05, 0.1) is 11.6 Å². The van der Waals surface area contributed by atoms with Gasteiger partial charge in [-0.2, -0.15) is 5.48 Å². The molecule has 0 aromatic heterocycles. The Morgan fingerprint density at radius 3 is 2.79 bits per heavy atom. The Hall–Kier alpha value is -1.84. The van der Waals surface area contributed by atoms with Crippen LogP contribution in [0.2, 0.25) is 5.02 Å². The number of allylic oxidation sites excluding steroid dienone is 1. The summed E-state index contributed by atoms with van der Waals surface area (Å²) in [5.41, 5.74) is 3.32. The number of hydrogen-bond donors (Lipinski definition) is 4. The number of esters is 1. The lowest BCUT2D eigenvalue weighted by atomic mass is 9.97. The predicted octanol–water partition coefficient (Wildman–Crippen LogP) is 3.74. The third kappa shape index (κ3) is 7.17. The van der Waals surface area contributed by atoms with Crippen molar-refractivity contribution in [2.75, 3.05) is 13.2 Å². The first-order valence-electron chi connectivity index (χ1n) is 9.67. The van der Waals surface area contributed by atoms with Crippen LogP contribution in [0.5, 0.6) is 11.5 Å². The van der Waals surface area contributed by atoms with Crippen LogP contribution in [0.25, 0.3) is 0 Å². The highest BCUT2D eigenvalue weighted by Crippen LogP contribution is 2.37. The highest BCUT2D eigenvalue weighted by atomic mass is 35.5. The lowest BCUT2D eigenvalue weighted by Crippen LogP contribution is -2.30. The number of carbonyl (C=O) groups excluding carboxylic acids is 1. The minimum Gasteiger partial charge on any atom is -0.507 e. The number of hydrogen-bond acceptors (Lipinski definition) is 8. The van der Waals surface area contributed by atoms with Crippen molar-refractivity contribution >= 4 is 17.6 Å². The molecule has 0 fully saturated rings. The van der Waals surface area contributed by atoms with Gasteiger partial charge in [0.2, 0.25) is 0 Å². The molecule has 0 amide bonds. The van der Waals surface area contributed by atoms with E-state index in [4.69, 9.17) is 26.4 Å². The molecule has 0 radical (unpaired) electrons. The summed E-state index contributed by atoms with van der Waals surface area (Å²) in [6, 6.07) is 1.08. The summed E-state index contributed by atoms with van der Waals surface area (Å²) in [5, 5.41) is 28.6. The summed E-state index contributed by atoms with van der Waals surface area (Å²) in [6.07, 6.45) is 7.47. The molecular formula is C20H28ClNO7. The van der Waals surface area contributed by atoms with Crippen molar-refractivity contribution in [1.82, 2.24) is 5.48 Å². The van der Waals surface area contributed by atoms with E-state index in [2.05, 4.69) is 10.4 Å². The summed E-state index contributed by atoms with van der Waals surface area (Å²) >= 11 is 6.23. The Labute approximate surface area is 174 Å². The van der Waals surface area contributed by atoms with Crippen LogP contribution >= 0.6 is 11.6 Å². The molecule has 162 valence electrons. The van der Waals surface area contributed by atoms with Gasteiger partial charge in [0, 0.05) is 18.5 Å². The first kappa shape index (κ1) is 23.4. The summed E-state index contributed by atoms with van der Waals surface area (Å²) in [7, 11) is 0. The summed E-state index contributed by atoms with van der Waals surface area (Å²) in [6.45, 7) is 2.03. The average molecular weight is 430 g/mol. The van der Waals surface area contributed by atoms with Crippen LogP contribution in [0.15, 0.2) is 18.2 Å². The van der Waals surface area contributed by atoms with Crippen molar-refractivity contribution in [2.45, 2.75) is 57.6 Å². The maximum Gasteiger partial charge on any atom is 0.342 e. The smallest absolute Gasteiger partial charge is 0.342 e. The molecule has 1 aromatic carbocycles. The van der Waals surface area contributed by atoms with Gasteiger partial charge in [-0.1, -0.05) is 23.8 Å². The lowest BCUT2D eigenvalue weighted by Gasteiger charge is -2.20. The van der Waals surface area contributed by atoms with Crippen molar-refractivity contribution in [3.05, 3.63) is 34.4 Å². The molecule has 2 unspecified atom stereocenters. The third-order valence-corrected chi connectivity index (χ3v) is 5.08. The quantitative estimate of drug-likeness (QED) is 0.184. The van der Waals surface area contributed by atoms with Crippen molar-refractivity contribution in [1.29, 1.82) is 0 Å². The fourth-order valence-corrected chi connectivity index (χ4v) is 3.43. The topological polar surface area (TPSA) is 117 Å². The molecule has 1 aromatic rings. The third-order valence-electron chi connectivity index (χ3n) is 4.66. The number of phenolic OH excluding ortho intramolecular Hbond substituents is 2. The van der Waals surface area contributed by atoms with Crippen molar-refractivity contribution in [3.63, 3.8) is 0 Å². The van der Waals surface area contributed by atoms with Gasteiger partial charge in [-0.3, -0.25) is 10.1 Å². The van der Waals surface area contributed by atoms with Gasteiger partial charge in [0.1, 0.15) is 29.8 Å². The Bertz CT molecular complexity index is 711. The Kier molecular flexibility index (Phi) is 9.69. The van der Waals surface area contributed by atoms with Gasteiger partial charge >= 0.3 is 5.97 Å². The Balaban J connectivity index is 2.21. The zero-order chi connectivity index (χ0) is 21.2. The largest absolute Gasteiger partial charge is 0.507 e. The van der Waals surface area contributed by atoms with Crippen LogP contribution in [0.3, 0.4) is 0 Å². The predicted molar refractivity (Wildman–Crippen MR) is 107 cm³/mol. The number of cyclic esters (lactones) is 1. The molecule has 29 heavy (non-hydrogen) atoms. The van der Waals surface area contributed by atoms with E-state index in [0.29, 0.717) is 31.2 Å². The molecule has 2 atom stereocenters. The second-order valence-electron chi connectivity index (χ2n) is 6.97. The molecule has 8 nitrogen and oxygen atoms in total. The molecule has 9 heteroatoms. The second-order valence-corrected chi connectivity index (χ2v) is 7.35. The first-order chi connectivity index (χ1) is 13.9. The Morgan fingerprint density at radius 2 is 2.03 bits per heavy atom. The number of carbonyl (C=O) groups is 1. The zero-order valence-electron chi connectivity index (χ0n) is 16.4. The standard InChI is InChI=1S/C20H28ClNO7/c1-13-6-3-2-4-7-14(22-27-10-11-28-26)8-5-9-15-18(20(25)29-13)16(23)12-17(24)19(15)21/h2-3,12-14,22-24,26H,4-11H2,1H3/b3-2+. The number of nitrogens with one attached hydrogen (secondary N) is 1. The van der Waals surface area contributed by atoms with Crippen molar-refractivity contribution in [3.8, 4) is 11.5 Å². The normalized spacial score (nSPS) is 22.4. The highest BCUT2D eigenvalue weighted by molar-refractivity contribution is 6.33. The highest BCUT2D eigenvalue weighted by Gasteiger charge is 2.25. The number of hydroxylamine groups is 1. The zero-order valence-corrected chi connectivity index (χ0v) is 17.2. The molecular weight excluding hydrogens is 402 g/mol. The van der Waals surface area contributed by atoms with Crippen LogP contribution in [-0.4, -0.2) is 46.8 Å². The molecule has 0 aliphatic carbocycles. The van der Waals surface area contributed by atoms with Crippen molar-refractivity contribution < 1.29 is 34.7 Å². The molecule has 4 N–H and O–H groups in total. The maximum absolute atomic E-state index is 12.6.